The van der Waals surface area contributed by atoms with Crippen LogP contribution >= 0.6 is 11.6 Å². The molecule has 1 N–H and O–H groups in total. The van der Waals surface area contributed by atoms with E-state index in [1.54, 1.807) is 12.1 Å². The summed E-state index contributed by atoms with van der Waals surface area (Å²) < 4.78 is 18.5. The van der Waals surface area contributed by atoms with Gasteiger partial charge in [0, 0.05) is 18.8 Å². The minimum atomic E-state index is -0.339. The molecule has 0 radical (unpaired) electrons. The number of hydrogen-bond donors (Lipinski definition) is 1. The van der Waals surface area contributed by atoms with Crippen molar-refractivity contribution < 1.29 is 9.13 Å². The molecule has 6 nitrogen and oxygen atoms in total. The fourth-order valence-corrected chi connectivity index (χ4v) is 2.15. The molecule has 2 aromatic rings. The molecular formula is C13H13ClFN5O. The van der Waals surface area contributed by atoms with E-state index >= 15 is 0 Å². The van der Waals surface area contributed by atoms with Crippen molar-refractivity contribution in [3.63, 3.8) is 0 Å². The van der Waals surface area contributed by atoms with Crippen LogP contribution in [-0.2, 0) is 4.74 Å². The third-order valence-electron chi connectivity index (χ3n) is 2.97. The average molecular weight is 310 g/mol. The molecule has 0 aliphatic carbocycles. The molecule has 1 aliphatic rings. The van der Waals surface area contributed by atoms with Gasteiger partial charge >= 0.3 is 0 Å². The highest BCUT2D eigenvalue weighted by Crippen LogP contribution is 2.19. The van der Waals surface area contributed by atoms with Crippen LogP contribution in [0.5, 0.6) is 0 Å². The second kappa shape index (κ2) is 6.19. The number of halogens is 2. The van der Waals surface area contributed by atoms with E-state index in [-0.39, 0.29) is 17.0 Å². The van der Waals surface area contributed by atoms with Crippen LogP contribution in [0, 0.1) is 5.82 Å². The quantitative estimate of drug-likeness (QED) is 0.938. The van der Waals surface area contributed by atoms with E-state index in [4.69, 9.17) is 16.3 Å². The van der Waals surface area contributed by atoms with Gasteiger partial charge in [-0.3, -0.25) is 0 Å². The van der Waals surface area contributed by atoms with E-state index in [9.17, 15) is 4.39 Å². The van der Waals surface area contributed by atoms with Crippen LogP contribution in [-0.4, -0.2) is 41.3 Å². The summed E-state index contributed by atoms with van der Waals surface area (Å²) in [7, 11) is 0. The molecule has 0 atom stereocenters. The molecule has 1 saturated heterocycles. The van der Waals surface area contributed by atoms with Gasteiger partial charge < -0.3 is 15.0 Å². The Morgan fingerprint density at radius 2 is 2.00 bits per heavy atom. The van der Waals surface area contributed by atoms with Crippen molar-refractivity contribution in [1.29, 1.82) is 0 Å². The second-order valence-electron chi connectivity index (χ2n) is 4.46. The number of benzene rings is 1. The lowest BCUT2D eigenvalue weighted by Gasteiger charge is -2.26. The van der Waals surface area contributed by atoms with Crippen LogP contribution in [0.15, 0.2) is 24.3 Å². The number of morpholine rings is 1. The van der Waals surface area contributed by atoms with Crippen LogP contribution in [0.25, 0.3) is 0 Å². The maximum Gasteiger partial charge on any atom is 0.233 e. The van der Waals surface area contributed by atoms with E-state index in [1.807, 2.05) is 4.90 Å². The summed E-state index contributed by atoms with van der Waals surface area (Å²) in [6, 6.07) is 6.04. The molecule has 21 heavy (non-hydrogen) atoms. The molecule has 1 aromatic heterocycles. The Bertz CT molecular complexity index is 636. The zero-order valence-electron chi connectivity index (χ0n) is 11.1. The van der Waals surface area contributed by atoms with Crippen molar-refractivity contribution in [1.82, 2.24) is 15.0 Å². The molecule has 110 valence electrons. The van der Waals surface area contributed by atoms with Gasteiger partial charge in [0.25, 0.3) is 0 Å². The smallest absolute Gasteiger partial charge is 0.233 e. The Labute approximate surface area is 125 Å². The van der Waals surface area contributed by atoms with Gasteiger partial charge in [0.05, 0.1) is 13.2 Å². The summed E-state index contributed by atoms with van der Waals surface area (Å²) in [6.45, 7) is 2.63. The molecule has 0 spiro atoms. The van der Waals surface area contributed by atoms with Crippen molar-refractivity contribution in [2.45, 2.75) is 0 Å². The number of hydrogen-bond acceptors (Lipinski definition) is 6. The summed E-state index contributed by atoms with van der Waals surface area (Å²) in [5.74, 6) is 0.424. The van der Waals surface area contributed by atoms with Crippen LogP contribution in [0.2, 0.25) is 5.28 Å². The average Bonchev–Trinajstić information content (AvgIpc) is 2.47. The van der Waals surface area contributed by atoms with Crippen molar-refractivity contribution in [3.8, 4) is 0 Å². The molecule has 1 fully saturated rings. The predicted molar refractivity (Wildman–Crippen MR) is 77.6 cm³/mol. The normalized spacial score (nSPS) is 15.0. The number of aromatic nitrogens is 3. The highest BCUT2D eigenvalue weighted by atomic mass is 35.5. The van der Waals surface area contributed by atoms with Gasteiger partial charge in [-0.05, 0) is 29.8 Å². The molecule has 0 unspecified atom stereocenters. The maximum atomic E-state index is 13.2. The molecule has 2 heterocycles. The second-order valence-corrected chi connectivity index (χ2v) is 4.80. The molecule has 0 bridgehead atoms. The van der Waals surface area contributed by atoms with Crippen LogP contribution in [0.1, 0.15) is 0 Å². The largest absolute Gasteiger partial charge is 0.378 e. The third-order valence-corrected chi connectivity index (χ3v) is 3.14. The van der Waals surface area contributed by atoms with Gasteiger partial charge in [0.2, 0.25) is 17.2 Å². The van der Waals surface area contributed by atoms with Gasteiger partial charge in [-0.25, -0.2) is 4.39 Å². The van der Waals surface area contributed by atoms with Gasteiger partial charge in [-0.1, -0.05) is 6.07 Å². The van der Waals surface area contributed by atoms with Crippen LogP contribution < -0.4 is 10.2 Å². The van der Waals surface area contributed by atoms with Crippen molar-refractivity contribution in [2.75, 3.05) is 36.5 Å². The lowest BCUT2D eigenvalue weighted by molar-refractivity contribution is 0.122. The molecule has 8 heteroatoms. The monoisotopic (exact) mass is 309 g/mol. The number of rotatable bonds is 3. The Morgan fingerprint density at radius 1 is 1.19 bits per heavy atom. The first-order valence-electron chi connectivity index (χ1n) is 6.47. The molecule has 1 aliphatic heterocycles. The number of ether oxygens (including phenoxy) is 1. The zero-order chi connectivity index (χ0) is 14.7. The minimum Gasteiger partial charge on any atom is -0.378 e. The van der Waals surface area contributed by atoms with E-state index < -0.39 is 0 Å². The van der Waals surface area contributed by atoms with Crippen molar-refractivity contribution in [3.05, 3.63) is 35.4 Å². The first-order chi connectivity index (χ1) is 10.2. The van der Waals surface area contributed by atoms with Crippen LogP contribution in [0.3, 0.4) is 0 Å². The number of anilines is 3. The van der Waals surface area contributed by atoms with Gasteiger partial charge in [0.15, 0.2) is 0 Å². The number of nitrogens with zero attached hydrogens (tertiary/aromatic N) is 4. The van der Waals surface area contributed by atoms with E-state index in [1.165, 1.54) is 12.1 Å². The Morgan fingerprint density at radius 3 is 2.76 bits per heavy atom. The van der Waals surface area contributed by atoms with E-state index in [0.29, 0.717) is 37.9 Å². The van der Waals surface area contributed by atoms with E-state index in [0.717, 1.165) is 0 Å². The Balaban J connectivity index is 1.83. The van der Waals surface area contributed by atoms with Crippen molar-refractivity contribution >= 4 is 29.2 Å². The van der Waals surface area contributed by atoms with E-state index in [2.05, 4.69) is 20.3 Å². The first-order valence-corrected chi connectivity index (χ1v) is 6.85. The van der Waals surface area contributed by atoms with Crippen molar-refractivity contribution in [2.24, 2.45) is 0 Å². The van der Waals surface area contributed by atoms with Crippen LogP contribution in [0.4, 0.5) is 22.0 Å². The van der Waals surface area contributed by atoms with Gasteiger partial charge in [-0.2, -0.15) is 15.0 Å². The fraction of sp³-hybridized carbons (Fsp3) is 0.308. The standard InChI is InChI=1S/C13H13ClFN5O/c14-11-17-12(16-10-3-1-2-9(15)8-10)19-13(18-11)20-4-6-21-7-5-20/h1-3,8H,4-7H2,(H,16,17,18,19). The fourth-order valence-electron chi connectivity index (χ4n) is 2.00. The third kappa shape index (κ3) is 3.56. The SMILES string of the molecule is Fc1cccc(Nc2nc(Cl)nc(N3CCOCC3)n2)c1. The topological polar surface area (TPSA) is 63.2 Å². The molecule has 0 amide bonds. The highest BCUT2D eigenvalue weighted by Gasteiger charge is 2.16. The lowest BCUT2D eigenvalue weighted by Crippen LogP contribution is -2.37. The lowest BCUT2D eigenvalue weighted by atomic mass is 10.3. The Hall–Kier alpha value is -1.99. The Kier molecular flexibility index (Phi) is 4.12. The molecule has 1 aromatic carbocycles. The highest BCUT2D eigenvalue weighted by molar-refractivity contribution is 6.28. The molecule has 0 saturated carbocycles. The summed E-state index contributed by atoms with van der Waals surface area (Å²) >= 11 is 5.93. The maximum absolute atomic E-state index is 13.2. The predicted octanol–water partition coefficient (Wildman–Crippen LogP) is 2.24. The summed E-state index contributed by atoms with van der Waals surface area (Å²) in [5, 5.41) is 3.01. The summed E-state index contributed by atoms with van der Waals surface area (Å²) in [6.07, 6.45) is 0. The summed E-state index contributed by atoms with van der Waals surface area (Å²) in [5.41, 5.74) is 0.546. The summed E-state index contributed by atoms with van der Waals surface area (Å²) in [4.78, 5) is 14.4. The first kappa shape index (κ1) is 14.0. The minimum absolute atomic E-state index is 0.0883. The molecule has 3 rings (SSSR count). The van der Waals surface area contributed by atoms with Gasteiger partial charge in [0.1, 0.15) is 5.82 Å². The zero-order valence-corrected chi connectivity index (χ0v) is 11.8. The number of nitrogens with one attached hydrogen (secondary N) is 1. The molecular weight excluding hydrogens is 297 g/mol. The van der Waals surface area contributed by atoms with Gasteiger partial charge in [-0.15, -0.1) is 0 Å².